The second-order valence-electron chi connectivity index (χ2n) is 5.36. The highest BCUT2D eigenvalue weighted by molar-refractivity contribution is 7.92. The van der Waals surface area contributed by atoms with Crippen molar-refractivity contribution in [1.29, 1.82) is 0 Å². The van der Waals surface area contributed by atoms with E-state index in [0.717, 1.165) is 12.8 Å². The number of carboxylic acid groups (broad SMARTS) is 1. The van der Waals surface area contributed by atoms with Gasteiger partial charge in [-0.2, -0.15) is 0 Å². The number of rotatable bonds is 9. The number of unbranched alkanes of at least 4 members (excludes halogenated alkanes) is 6. The van der Waals surface area contributed by atoms with Crippen LogP contribution in [0.5, 0.6) is 0 Å². The van der Waals surface area contributed by atoms with Gasteiger partial charge in [0.25, 0.3) is 0 Å². The standard InChI is InChI=1S/C19H26O4S/c1-2-3-4-5-6-7-8-9-10-11-12-13-14-15-16-17-24(22,23)18-19(20)21/h2-8,11,14,17-18H2,1H3,(H,20,21). The van der Waals surface area contributed by atoms with Crippen LogP contribution in [0.3, 0.4) is 0 Å². The maximum atomic E-state index is 11.2. The molecule has 0 amide bonds. The lowest BCUT2D eigenvalue weighted by Crippen LogP contribution is -2.17. The van der Waals surface area contributed by atoms with E-state index in [2.05, 4.69) is 42.4 Å². The van der Waals surface area contributed by atoms with Crippen LogP contribution in [-0.4, -0.2) is 31.0 Å². The molecule has 4 nitrogen and oxygen atoms in total. The van der Waals surface area contributed by atoms with Crippen molar-refractivity contribution in [2.75, 3.05) is 11.5 Å². The van der Waals surface area contributed by atoms with E-state index in [0.29, 0.717) is 6.42 Å². The lowest BCUT2D eigenvalue weighted by molar-refractivity contribution is -0.134. The number of aliphatic carboxylic acids is 1. The van der Waals surface area contributed by atoms with E-state index in [1.165, 1.54) is 32.1 Å². The molecule has 132 valence electrons. The molecule has 0 aliphatic carbocycles. The Kier molecular flexibility index (Phi) is 13.5. The summed E-state index contributed by atoms with van der Waals surface area (Å²) in [5, 5.41) is 8.41. The van der Waals surface area contributed by atoms with Gasteiger partial charge in [0.05, 0.1) is 12.8 Å². The SMILES string of the molecule is CCCCCCCCC#CCC#CCC#CCS(=O)(=O)CC(=O)O. The van der Waals surface area contributed by atoms with Crippen LogP contribution in [0.25, 0.3) is 0 Å². The van der Waals surface area contributed by atoms with Gasteiger partial charge < -0.3 is 5.11 Å². The zero-order valence-corrected chi connectivity index (χ0v) is 15.2. The minimum Gasteiger partial charge on any atom is -0.480 e. The maximum Gasteiger partial charge on any atom is 0.318 e. The van der Waals surface area contributed by atoms with E-state index in [9.17, 15) is 13.2 Å². The third kappa shape index (κ3) is 16.5. The molecule has 0 aromatic heterocycles. The van der Waals surface area contributed by atoms with Gasteiger partial charge in [-0.05, 0) is 6.42 Å². The minimum atomic E-state index is -3.64. The first-order valence-corrected chi connectivity index (χ1v) is 10.1. The molecule has 0 aromatic rings. The number of hydrogen-bond acceptors (Lipinski definition) is 3. The van der Waals surface area contributed by atoms with Crippen LogP contribution in [0.4, 0.5) is 0 Å². The van der Waals surface area contributed by atoms with E-state index in [1.807, 2.05) is 0 Å². The molecule has 0 unspecified atom stereocenters. The minimum absolute atomic E-state index is 0.266. The summed E-state index contributed by atoms with van der Waals surface area (Å²) in [4.78, 5) is 10.3. The van der Waals surface area contributed by atoms with E-state index < -0.39 is 27.3 Å². The van der Waals surface area contributed by atoms with Crippen molar-refractivity contribution in [3.8, 4) is 35.5 Å². The van der Waals surface area contributed by atoms with Crippen LogP contribution in [0.15, 0.2) is 0 Å². The Morgan fingerprint density at radius 1 is 0.833 bits per heavy atom. The number of sulfone groups is 1. The highest BCUT2D eigenvalue weighted by Gasteiger charge is 2.13. The molecule has 0 saturated heterocycles. The highest BCUT2D eigenvalue weighted by Crippen LogP contribution is 2.06. The van der Waals surface area contributed by atoms with Crippen LogP contribution in [-0.2, 0) is 14.6 Å². The van der Waals surface area contributed by atoms with Crippen LogP contribution >= 0.6 is 0 Å². The van der Waals surface area contributed by atoms with Crippen molar-refractivity contribution in [3.05, 3.63) is 0 Å². The Morgan fingerprint density at radius 3 is 2.00 bits per heavy atom. The summed E-state index contributed by atoms with van der Waals surface area (Å²) in [6.45, 7) is 2.21. The van der Waals surface area contributed by atoms with Gasteiger partial charge in [0, 0.05) is 6.42 Å². The topological polar surface area (TPSA) is 71.4 Å². The van der Waals surface area contributed by atoms with Crippen molar-refractivity contribution >= 4 is 15.8 Å². The van der Waals surface area contributed by atoms with Gasteiger partial charge in [0.1, 0.15) is 11.5 Å². The van der Waals surface area contributed by atoms with E-state index in [1.54, 1.807) is 0 Å². The van der Waals surface area contributed by atoms with Crippen molar-refractivity contribution in [2.24, 2.45) is 0 Å². The average molecular weight is 350 g/mol. The molecule has 24 heavy (non-hydrogen) atoms. The van der Waals surface area contributed by atoms with E-state index >= 15 is 0 Å². The largest absolute Gasteiger partial charge is 0.480 e. The van der Waals surface area contributed by atoms with Crippen LogP contribution < -0.4 is 0 Å². The summed E-state index contributed by atoms with van der Waals surface area (Å²) in [6.07, 6.45) is 9.23. The van der Waals surface area contributed by atoms with Crippen molar-refractivity contribution < 1.29 is 18.3 Å². The Labute approximate surface area is 146 Å². The molecule has 0 heterocycles. The first-order chi connectivity index (χ1) is 11.5. The van der Waals surface area contributed by atoms with Gasteiger partial charge >= 0.3 is 5.97 Å². The molecule has 0 saturated carbocycles. The molecule has 0 bridgehead atoms. The molecule has 0 aliphatic heterocycles. The molecule has 0 spiro atoms. The molecule has 1 N–H and O–H groups in total. The average Bonchev–Trinajstić information content (AvgIpc) is 2.49. The molecule has 0 radical (unpaired) electrons. The van der Waals surface area contributed by atoms with Gasteiger partial charge in [-0.1, -0.05) is 68.6 Å². The number of carbonyl (C=O) groups is 1. The fourth-order valence-corrected chi connectivity index (χ4v) is 2.62. The second kappa shape index (κ2) is 14.7. The van der Waals surface area contributed by atoms with Crippen LogP contribution in [0, 0.1) is 35.5 Å². The predicted molar refractivity (Wildman–Crippen MR) is 96.8 cm³/mol. The molecular formula is C19H26O4S. The molecule has 0 fully saturated rings. The molecule has 0 rings (SSSR count). The normalized spacial score (nSPS) is 9.71. The highest BCUT2D eigenvalue weighted by atomic mass is 32.2. The first kappa shape index (κ1) is 22.1. The van der Waals surface area contributed by atoms with Gasteiger partial charge in [-0.15, -0.1) is 5.92 Å². The molecule has 0 atom stereocenters. The Hall–Kier alpha value is -1.90. The van der Waals surface area contributed by atoms with E-state index in [4.69, 9.17) is 5.11 Å². The number of hydrogen-bond donors (Lipinski definition) is 1. The predicted octanol–water partition coefficient (Wildman–Crippen LogP) is 3.03. The van der Waals surface area contributed by atoms with Crippen molar-refractivity contribution in [1.82, 2.24) is 0 Å². The van der Waals surface area contributed by atoms with E-state index in [-0.39, 0.29) is 6.42 Å². The fraction of sp³-hybridized carbons (Fsp3) is 0.632. The van der Waals surface area contributed by atoms with Crippen molar-refractivity contribution in [3.63, 3.8) is 0 Å². The molecular weight excluding hydrogens is 324 g/mol. The Bertz CT molecular complexity index is 643. The van der Waals surface area contributed by atoms with Crippen LogP contribution in [0.2, 0.25) is 0 Å². The Morgan fingerprint density at radius 2 is 1.38 bits per heavy atom. The summed E-state index contributed by atoms with van der Waals surface area (Å²) in [6, 6.07) is 0. The lowest BCUT2D eigenvalue weighted by Gasteiger charge is -1.96. The van der Waals surface area contributed by atoms with Gasteiger partial charge in [0.2, 0.25) is 0 Å². The zero-order valence-electron chi connectivity index (χ0n) is 14.4. The number of carboxylic acids is 1. The second-order valence-corrected chi connectivity index (χ2v) is 7.42. The van der Waals surface area contributed by atoms with Gasteiger partial charge in [-0.25, -0.2) is 8.42 Å². The summed E-state index contributed by atoms with van der Waals surface area (Å²) in [5.74, 6) is 14.1. The molecule has 5 heteroatoms. The third-order valence-electron chi connectivity index (χ3n) is 3.02. The zero-order chi connectivity index (χ0) is 18.1. The maximum absolute atomic E-state index is 11.2. The third-order valence-corrected chi connectivity index (χ3v) is 4.29. The fourth-order valence-electron chi connectivity index (χ4n) is 1.82. The summed E-state index contributed by atoms with van der Waals surface area (Å²) in [5.41, 5.74) is 0. The van der Waals surface area contributed by atoms with Gasteiger partial charge in [-0.3, -0.25) is 4.79 Å². The van der Waals surface area contributed by atoms with Crippen LogP contribution in [0.1, 0.15) is 64.7 Å². The monoisotopic (exact) mass is 350 g/mol. The Balaban J connectivity index is 3.75. The summed E-state index contributed by atoms with van der Waals surface area (Å²) < 4.78 is 22.5. The lowest BCUT2D eigenvalue weighted by atomic mass is 10.1. The smallest absolute Gasteiger partial charge is 0.318 e. The quantitative estimate of drug-likeness (QED) is 0.512. The summed E-state index contributed by atoms with van der Waals surface area (Å²) >= 11 is 0. The van der Waals surface area contributed by atoms with Crippen molar-refractivity contribution in [2.45, 2.75) is 64.7 Å². The molecule has 0 aromatic carbocycles. The van der Waals surface area contributed by atoms with Gasteiger partial charge in [0.15, 0.2) is 9.84 Å². The first-order valence-electron chi connectivity index (χ1n) is 8.27. The molecule has 0 aliphatic rings. The summed E-state index contributed by atoms with van der Waals surface area (Å²) in [7, 11) is -3.64.